The Balaban J connectivity index is -0.0000000575. The fourth-order valence-electron chi connectivity index (χ4n) is 0. The molecule has 5 heteroatoms. The summed E-state index contributed by atoms with van der Waals surface area (Å²) in [5.74, 6) is 0. The largest absolute Gasteiger partial charge is 2.00 e. The summed E-state index contributed by atoms with van der Waals surface area (Å²) in [4.78, 5) is 0. The predicted molar refractivity (Wildman–Crippen MR) is 21.8 cm³/mol. The maximum Gasteiger partial charge on any atom is 2.00 e. The summed E-state index contributed by atoms with van der Waals surface area (Å²) in [7, 11) is 3.50. The smallest absolute Gasteiger partial charge is 0.668 e. The van der Waals surface area contributed by atoms with Gasteiger partial charge in [-0.25, -0.2) is 0 Å². The Morgan fingerprint density at radius 2 is 1.12 bits per heavy atom. The van der Waals surface area contributed by atoms with E-state index >= 15 is 0 Å². The summed E-state index contributed by atoms with van der Waals surface area (Å²) in [5, 5.41) is 3.50. The first-order valence-electron chi connectivity index (χ1n) is 1.46. The van der Waals surface area contributed by atoms with Crippen molar-refractivity contribution in [3.8, 4) is 0 Å². The van der Waals surface area contributed by atoms with Crippen LogP contribution < -0.4 is 0 Å². The molecule has 0 aromatic heterocycles. The number of halogens is 3. The topological polar surface area (TPSA) is 14.1 Å². The summed E-state index contributed by atoms with van der Waals surface area (Å²) in [6.45, 7) is -3.08. The van der Waals surface area contributed by atoms with E-state index in [0.29, 0.717) is 0 Å². The minimum Gasteiger partial charge on any atom is -0.668 e. The van der Waals surface area contributed by atoms with Crippen molar-refractivity contribution >= 4 is 0 Å². The molecule has 0 aliphatic rings. The van der Waals surface area contributed by atoms with Crippen molar-refractivity contribution in [1.29, 1.82) is 0 Å². The van der Waals surface area contributed by atoms with Gasteiger partial charge in [-0.3, -0.25) is 0 Å². The summed E-state index contributed by atoms with van der Waals surface area (Å²) >= 11 is 0. The predicted octanol–water partition coefficient (Wildman–Crippen LogP) is 1.96. The summed E-state index contributed by atoms with van der Waals surface area (Å²) < 4.78 is 28.8. The minimum atomic E-state index is -3.08. The van der Waals surface area contributed by atoms with Gasteiger partial charge in [0.1, 0.15) is 0 Å². The standard InChI is InChI=1S/C2H6N.CF3.Cu/c1-3-2;2-1(3)4;/h1-2H3;;/q2*-1;+2. The first kappa shape index (κ1) is 15.7. The second-order valence-corrected chi connectivity index (χ2v) is 0.661. The fourth-order valence-corrected chi connectivity index (χ4v) is 0. The third-order valence-corrected chi connectivity index (χ3v) is 0. The van der Waals surface area contributed by atoms with E-state index in [1.165, 1.54) is 0 Å². The molecule has 0 aromatic rings. The molecule has 0 saturated heterocycles. The van der Waals surface area contributed by atoms with Crippen LogP contribution in [0.1, 0.15) is 0 Å². The van der Waals surface area contributed by atoms with Gasteiger partial charge in [-0.2, -0.15) is 14.1 Å². The van der Waals surface area contributed by atoms with Gasteiger partial charge >= 0.3 is 17.1 Å². The molecule has 55 valence electrons. The number of nitrogens with zero attached hydrogens (tertiary/aromatic N) is 1. The molecular formula is C3H6CuF3N. The van der Waals surface area contributed by atoms with Gasteiger partial charge in [0.15, 0.2) is 6.68 Å². The molecule has 0 atom stereocenters. The zero-order valence-corrected chi connectivity index (χ0v) is 5.32. The first-order chi connectivity index (χ1) is 3.15. The second-order valence-electron chi connectivity index (χ2n) is 0.661. The van der Waals surface area contributed by atoms with Crippen LogP contribution >= 0.6 is 0 Å². The molecule has 0 bridgehead atoms. The molecule has 0 saturated carbocycles. The van der Waals surface area contributed by atoms with E-state index in [2.05, 4.69) is 5.32 Å². The molecule has 0 N–H and O–H groups in total. The van der Waals surface area contributed by atoms with Crippen molar-refractivity contribution in [3.05, 3.63) is 12.0 Å². The van der Waals surface area contributed by atoms with E-state index in [1.54, 1.807) is 14.1 Å². The molecule has 8 heavy (non-hydrogen) atoms. The molecule has 0 spiro atoms. The van der Waals surface area contributed by atoms with Crippen molar-refractivity contribution in [2.45, 2.75) is 0 Å². The van der Waals surface area contributed by atoms with Crippen LogP contribution in [0.15, 0.2) is 0 Å². The zero-order chi connectivity index (χ0) is 6.28. The van der Waals surface area contributed by atoms with Gasteiger partial charge in [0, 0.05) is 0 Å². The van der Waals surface area contributed by atoms with Gasteiger partial charge < -0.3 is 18.5 Å². The molecule has 0 aromatic carbocycles. The number of hydrogen-bond acceptors (Lipinski definition) is 0. The van der Waals surface area contributed by atoms with Gasteiger partial charge in [-0.1, -0.05) is 0 Å². The Hall–Kier alpha value is 0.269. The van der Waals surface area contributed by atoms with Gasteiger partial charge in [0.05, 0.1) is 0 Å². The fraction of sp³-hybridized carbons (Fsp3) is 0.667. The monoisotopic (exact) mass is 176 g/mol. The molecule has 0 heterocycles. The number of rotatable bonds is 0. The molecule has 0 unspecified atom stereocenters. The van der Waals surface area contributed by atoms with Crippen LogP contribution in [-0.2, 0) is 17.1 Å². The minimum absolute atomic E-state index is 0. The first-order valence-corrected chi connectivity index (χ1v) is 1.46. The van der Waals surface area contributed by atoms with Crippen molar-refractivity contribution in [1.82, 2.24) is 0 Å². The SMILES string of the molecule is C[N-]C.F[C-](F)F.[Cu+2]. The third kappa shape index (κ3) is 2400. The van der Waals surface area contributed by atoms with E-state index in [0.717, 1.165) is 0 Å². The van der Waals surface area contributed by atoms with Gasteiger partial charge in [0.25, 0.3) is 0 Å². The van der Waals surface area contributed by atoms with Gasteiger partial charge in [-0.15, -0.1) is 0 Å². The van der Waals surface area contributed by atoms with Gasteiger partial charge in [-0.05, 0) is 0 Å². The molecule has 1 nitrogen and oxygen atoms in total. The maximum atomic E-state index is 9.58. The average Bonchev–Trinajstić information content (AvgIpc) is 1.33. The van der Waals surface area contributed by atoms with Gasteiger partial charge in [0.2, 0.25) is 0 Å². The Morgan fingerprint density at radius 1 is 1.12 bits per heavy atom. The van der Waals surface area contributed by atoms with Crippen molar-refractivity contribution < 1.29 is 30.2 Å². The van der Waals surface area contributed by atoms with Crippen LogP contribution in [0.5, 0.6) is 0 Å². The van der Waals surface area contributed by atoms with Crippen molar-refractivity contribution in [2.75, 3.05) is 14.1 Å². The number of hydrogen-bond donors (Lipinski definition) is 0. The van der Waals surface area contributed by atoms with E-state index in [4.69, 9.17) is 0 Å². The van der Waals surface area contributed by atoms with Crippen LogP contribution in [0.3, 0.4) is 0 Å². The Labute approximate surface area is 57.1 Å². The Kier molecular flexibility index (Phi) is 30.8. The molecule has 0 aliphatic carbocycles. The van der Waals surface area contributed by atoms with Crippen LogP contribution in [0.4, 0.5) is 13.2 Å². The molecule has 0 amide bonds. The van der Waals surface area contributed by atoms with Crippen LogP contribution in [0.2, 0.25) is 0 Å². The summed E-state index contributed by atoms with van der Waals surface area (Å²) in [6.07, 6.45) is 0. The maximum absolute atomic E-state index is 9.58. The Bertz CT molecular complexity index is 25.7. The van der Waals surface area contributed by atoms with Crippen LogP contribution in [0, 0.1) is 6.68 Å². The molecule has 0 rings (SSSR count). The quantitative estimate of drug-likeness (QED) is 0.396. The van der Waals surface area contributed by atoms with Crippen LogP contribution in [0.25, 0.3) is 5.32 Å². The van der Waals surface area contributed by atoms with E-state index in [-0.39, 0.29) is 17.1 Å². The van der Waals surface area contributed by atoms with E-state index < -0.39 is 6.68 Å². The molecular weight excluding hydrogens is 171 g/mol. The van der Waals surface area contributed by atoms with Crippen molar-refractivity contribution in [2.24, 2.45) is 0 Å². The zero-order valence-electron chi connectivity index (χ0n) is 4.38. The van der Waals surface area contributed by atoms with E-state index in [1.807, 2.05) is 0 Å². The normalized spacial score (nSPS) is 6.75. The molecule has 0 fully saturated rings. The molecule has 0 aliphatic heterocycles. The second kappa shape index (κ2) is 15.7. The summed E-state index contributed by atoms with van der Waals surface area (Å²) in [5.41, 5.74) is 0. The van der Waals surface area contributed by atoms with Crippen LogP contribution in [-0.4, -0.2) is 14.1 Å². The molecule has 1 radical (unpaired) electrons. The third-order valence-electron chi connectivity index (χ3n) is 0. The average molecular weight is 177 g/mol. The van der Waals surface area contributed by atoms with Crippen molar-refractivity contribution in [3.63, 3.8) is 0 Å². The Morgan fingerprint density at radius 3 is 1.12 bits per heavy atom. The summed E-state index contributed by atoms with van der Waals surface area (Å²) in [6, 6.07) is 0. The van der Waals surface area contributed by atoms with E-state index in [9.17, 15) is 13.2 Å².